The van der Waals surface area contributed by atoms with Gasteiger partial charge in [-0.15, -0.1) is 0 Å². The van der Waals surface area contributed by atoms with Crippen LogP contribution in [0.1, 0.15) is 70.7 Å². The second-order valence-electron chi connectivity index (χ2n) is 9.03. The quantitative estimate of drug-likeness (QED) is 0.291. The van der Waals surface area contributed by atoms with Gasteiger partial charge in [0.25, 0.3) is 0 Å². The highest BCUT2D eigenvalue weighted by atomic mass is 32.2. The Kier molecular flexibility index (Phi) is 10.3. The Bertz CT molecular complexity index is 766. The zero-order chi connectivity index (χ0) is 23.8. The SMILES string of the molecule is CCOC(=S)SC(CC(CCC(=O)C(C)(C)C)C(=O)c1ccccc1)C1(CC)OCCO1. The topological polar surface area (TPSA) is 61.8 Å². The lowest BCUT2D eigenvalue weighted by molar-refractivity contribution is -0.160. The van der Waals surface area contributed by atoms with E-state index in [9.17, 15) is 9.59 Å². The van der Waals surface area contributed by atoms with Gasteiger partial charge in [-0.2, -0.15) is 0 Å². The van der Waals surface area contributed by atoms with E-state index in [2.05, 4.69) is 0 Å². The molecular formula is C25H36O5S2. The van der Waals surface area contributed by atoms with Crippen molar-refractivity contribution in [3.8, 4) is 0 Å². The van der Waals surface area contributed by atoms with Crippen LogP contribution in [0.5, 0.6) is 0 Å². The Labute approximate surface area is 202 Å². The summed E-state index contributed by atoms with van der Waals surface area (Å²) in [6.45, 7) is 11.1. The smallest absolute Gasteiger partial charge is 0.220 e. The normalized spacial score (nSPS) is 17.5. The maximum Gasteiger partial charge on any atom is 0.220 e. The molecule has 1 heterocycles. The predicted octanol–water partition coefficient (Wildman–Crippen LogP) is 5.85. The third-order valence-corrected chi connectivity index (χ3v) is 7.30. The van der Waals surface area contributed by atoms with Crippen molar-refractivity contribution in [2.24, 2.45) is 11.3 Å². The molecule has 1 fully saturated rings. The van der Waals surface area contributed by atoms with Crippen LogP contribution in [-0.4, -0.2) is 46.8 Å². The summed E-state index contributed by atoms with van der Waals surface area (Å²) in [6, 6.07) is 9.26. The largest absolute Gasteiger partial charge is 0.479 e. The van der Waals surface area contributed by atoms with Crippen molar-refractivity contribution in [1.82, 2.24) is 0 Å². The van der Waals surface area contributed by atoms with Crippen molar-refractivity contribution in [3.05, 3.63) is 35.9 Å². The van der Waals surface area contributed by atoms with Crippen molar-refractivity contribution in [1.29, 1.82) is 0 Å². The zero-order valence-electron chi connectivity index (χ0n) is 19.8. The average Bonchev–Trinajstić information content (AvgIpc) is 3.25. The second-order valence-corrected chi connectivity index (χ2v) is 10.8. The highest BCUT2D eigenvalue weighted by Gasteiger charge is 2.46. The lowest BCUT2D eigenvalue weighted by Gasteiger charge is -2.36. The fourth-order valence-corrected chi connectivity index (χ4v) is 5.50. The first-order chi connectivity index (χ1) is 15.1. The van der Waals surface area contributed by atoms with Crippen LogP contribution in [0.4, 0.5) is 0 Å². The molecule has 0 bridgehead atoms. The average molecular weight is 481 g/mol. The maximum atomic E-state index is 13.5. The molecule has 0 N–H and O–H groups in total. The van der Waals surface area contributed by atoms with E-state index >= 15 is 0 Å². The maximum absolute atomic E-state index is 13.5. The van der Waals surface area contributed by atoms with Gasteiger partial charge in [-0.25, -0.2) is 0 Å². The third-order valence-electron chi connectivity index (χ3n) is 5.74. The van der Waals surface area contributed by atoms with Crippen LogP contribution < -0.4 is 0 Å². The summed E-state index contributed by atoms with van der Waals surface area (Å²) in [5.74, 6) is -1.00. The van der Waals surface area contributed by atoms with E-state index in [1.54, 1.807) is 0 Å². The molecule has 0 aliphatic carbocycles. The first-order valence-electron chi connectivity index (χ1n) is 11.4. The predicted molar refractivity (Wildman–Crippen MR) is 133 cm³/mol. The molecule has 1 aliphatic heterocycles. The van der Waals surface area contributed by atoms with Crippen LogP contribution in [0.15, 0.2) is 30.3 Å². The Morgan fingerprint density at radius 2 is 1.78 bits per heavy atom. The van der Waals surface area contributed by atoms with Crippen LogP contribution in [0.3, 0.4) is 0 Å². The Balaban J connectivity index is 2.31. The van der Waals surface area contributed by atoms with Gasteiger partial charge in [0.1, 0.15) is 5.78 Å². The molecule has 0 radical (unpaired) electrons. The standard InChI is InChI=1S/C25H36O5S2/c1-6-25(29-15-16-30-25)21(32-23(31)28-7-2)17-19(13-14-20(26)24(3,4)5)22(27)18-11-9-8-10-12-18/h8-12,19,21H,6-7,13-17H2,1-5H3. The molecule has 1 saturated heterocycles. The first-order valence-corrected chi connectivity index (χ1v) is 12.7. The number of rotatable bonds is 11. The van der Waals surface area contributed by atoms with Crippen LogP contribution >= 0.6 is 24.0 Å². The van der Waals surface area contributed by atoms with Gasteiger partial charge >= 0.3 is 0 Å². The molecule has 32 heavy (non-hydrogen) atoms. The van der Waals surface area contributed by atoms with E-state index in [4.69, 9.17) is 26.4 Å². The lowest BCUT2D eigenvalue weighted by Crippen LogP contribution is -2.43. The first kappa shape index (κ1) is 27.0. The number of benzene rings is 1. The monoisotopic (exact) mass is 480 g/mol. The molecule has 0 amide bonds. The van der Waals surface area contributed by atoms with Gasteiger partial charge in [0.2, 0.25) is 4.38 Å². The number of Topliss-reactive ketones (excluding diaryl/α,β-unsaturated/α-hetero) is 2. The van der Waals surface area contributed by atoms with Gasteiger partial charge in [-0.05, 0) is 38.4 Å². The van der Waals surface area contributed by atoms with Crippen molar-refractivity contribution in [2.75, 3.05) is 19.8 Å². The molecule has 5 nitrogen and oxygen atoms in total. The molecule has 178 valence electrons. The summed E-state index contributed by atoms with van der Waals surface area (Å²) in [5, 5.41) is -0.226. The molecule has 2 rings (SSSR count). The van der Waals surface area contributed by atoms with Gasteiger partial charge in [0.15, 0.2) is 11.6 Å². The van der Waals surface area contributed by atoms with Gasteiger partial charge in [-0.1, -0.05) is 69.8 Å². The molecule has 7 heteroatoms. The fraction of sp³-hybridized carbons (Fsp3) is 0.640. The minimum absolute atomic E-state index is 0.0319. The molecule has 0 spiro atoms. The molecule has 1 aliphatic rings. The minimum Gasteiger partial charge on any atom is -0.479 e. The summed E-state index contributed by atoms with van der Waals surface area (Å²) in [7, 11) is 0. The van der Waals surface area contributed by atoms with E-state index in [1.807, 2.05) is 65.0 Å². The number of ether oxygens (including phenoxy) is 3. The number of hydrogen-bond donors (Lipinski definition) is 0. The summed E-state index contributed by atoms with van der Waals surface area (Å²) < 4.78 is 18.1. The Morgan fingerprint density at radius 3 is 2.31 bits per heavy atom. The van der Waals surface area contributed by atoms with E-state index in [0.717, 1.165) is 0 Å². The van der Waals surface area contributed by atoms with Crippen LogP contribution in [-0.2, 0) is 19.0 Å². The summed E-state index contributed by atoms with van der Waals surface area (Å²) in [6.07, 6.45) is 1.94. The van der Waals surface area contributed by atoms with Gasteiger partial charge in [0.05, 0.1) is 25.1 Å². The summed E-state index contributed by atoms with van der Waals surface area (Å²) in [5.41, 5.74) is 0.212. The van der Waals surface area contributed by atoms with Crippen LogP contribution in [0, 0.1) is 11.3 Å². The zero-order valence-corrected chi connectivity index (χ0v) is 21.5. The molecular weight excluding hydrogens is 444 g/mol. The van der Waals surface area contributed by atoms with Crippen molar-refractivity contribution < 1.29 is 23.8 Å². The fourth-order valence-electron chi connectivity index (χ4n) is 3.81. The van der Waals surface area contributed by atoms with Gasteiger partial charge in [-0.3, -0.25) is 9.59 Å². The van der Waals surface area contributed by atoms with E-state index < -0.39 is 11.2 Å². The number of carbonyl (C=O) groups excluding carboxylic acids is 2. The second kappa shape index (κ2) is 12.3. The van der Waals surface area contributed by atoms with Crippen molar-refractivity contribution in [2.45, 2.75) is 71.3 Å². The molecule has 2 unspecified atom stereocenters. The molecule has 0 aromatic heterocycles. The van der Waals surface area contributed by atoms with E-state index in [-0.39, 0.29) is 22.7 Å². The summed E-state index contributed by atoms with van der Waals surface area (Å²) in [4.78, 5) is 26.1. The molecule has 0 saturated carbocycles. The highest BCUT2D eigenvalue weighted by Crippen LogP contribution is 2.40. The molecule has 2 atom stereocenters. The van der Waals surface area contributed by atoms with Crippen molar-refractivity contribution >= 4 is 39.9 Å². The number of thioether (sulfide) groups is 1. The number of carbonyl (C=O) groups is 2. The third kappa shape index (κ3) is 7.37. The Morgan fingerprint density at radius 1 is 1.16 bits per heavy atom. The van der Waals surface area contributed by atoms with E-state index in [0.29, 0.717) is 55.5 Å². The lowest BCUT2D eigenvalue weighted by atomic mass is 9.82. The Hall–Kier alpha value is -1.28. The van der Waals surface area contributed by atoms with Gasteiger partial charge in [0, 0.05) is 23.3 Å². The van der Waals surface area contributed by atoms with Crippen LogP contribution in [0.2, 0.25) is 0 Å². The minimum atomic E-state index is -0.824. The molecule has 1 aromatic rings. The molecule has 1 aromatic carbocycles. The van der Waals surface area contributed by atoms with Crippen molar-refractivity contribution in [3.63, 3.8) is 0 Å². The number of hydrogen-bond acceptors (Lipinski definition) is 7. The van der Waals surface area contributed by atoms with Crippen LogP contribution in [0.25, 0.3) is 0 Å². The number of thiocarbonyl (C=S) groups is 1. The van der Waals surface area contributed by atoms with Gasteiger partial charge < -0.3 is 14.2 Å². The summed E-state index contributed by atoms with van der Waals surface area (Å²) >= 11 is 6.81. The number of ketones is 2. The van der Waals surface area contributed by atoms with E-state index in [1.165, 1.54) is 11.8 Å². The highest BCUT2D eigenvalue weighted by molar-refractivity contribution is 8.23.